The fourth-order valence-corrected chi connectivity index (χ4v) is 2.89. The first kappa shape index (κ1) is 16.4. The van der Waals surface area contributed by atoms with Crippen molar-refractivity contribution in [1.29, 1.82) is 0 Å². The van der Waals surface area contributed by atoms with Gasteiger partial charge in [-0.05, 0) is 12.1 Å². The van der Waals surface area contributed by atoms with Crippen LogP contribution in [0.2, 0.25) is 5.02 Å². The van der Waals surface area contributed by atoms with E-state index in [0.29, 0.717) is 0 Å². The Morgan fingerprint density at radius 3 is 2.67 bits per heavy atom. The summed E-state index contributed by atoms with van der Waals surface area (Å²) < 4.78 is 41.1. The number of nitrogens with one attached hydrogen (secondary N) is 2. The van der Waals surface area contributed by atoms with E-state index in [1.807, 2.05) is 5.32 Å². The predicted octanol–water partition coefficient (Wildman–Crippen LogP) is 2.53. The third-order valence-electron chi connectivity index (χ3n) is 3.83. The van der Waals surface area contributed by atoms with Crippen molar-refractivity contribution in [1.82, 2.24) is 15.2 Å². The molecular formula is C14H11ClF3N3O3. The Labute approximate surface area is 138 Å². The normalized spacial score (nSPS) is 20.6. The van der Waals surface area contributed by atoms with E-state index >= 15 is 0 Å². The van der Waals surface area contributed by atoms with Gasteiger partial charge in [-0.25, -0.2) is 18.0 Å². The summed E-state index contributed by atoms with van der Waals surface area (Å²) in [7, 11) is 0. The number of hydrogen-bond acceptors (Lipinski definition) is 2. The minimum atomic E-state index is -1.56. The van der Waals surface area contributed by atoms with Crippen molar-refractivity contribution in [3.63, 3.8) is 0 Å². The number of carbonyl (C=O) groups is 2. The molecule has 6 nitrogen and oxygen atoms in total. The third kappa shape index (κ3) is 2.75. The van der Waals surface area contributed by atoms with Gasteiger partial charge in [0.2, 0.25) is 0 Å². The maximum atomic E-state index is 13.8. The summed E-state index contributed by atoms with van der Waals surface area (Å²) in [4.78, 5) is 26.5. The molecular weight excluding hydrogens is 351 g/mol. The smallest absolute Gasteiger partial charge is 0.405 e. The third-order valence-corrected chi connectivity index (χ3v) is 4.10. The summed E-state index contributed by atoms with van der Waals surface area (Å²) in [6.07, 6.45) is -2.95. The number of nitrogens with zero attached hydrogens (tertiary/aromatic N) is 1. The molecule has 0 radical (unpaired) electrons. The summed E-state index contributed by atoms with van der Waals surface area (Å²) in [5.41, 5.74) is -0.301. The molecule has 2 heterocycles. The van der Waals surface area contributed by atoms with Crippen LogP contribution in [0.4, 0.5) is 18.0 Å². The number of carbonyl (C=O) groups excluding carboxylic acids is 1. The molecule has 128 valence electrons. The van der Waals surface area contributed by atoms with Crippen LogP contribution >= 0.6 is 11.6 Å². The molecule has 1 aromatic carbocycles. The number of amides is 2. The summed E-state index contributed by atoms with van der Waals surface area (Å²) in [5.74, 6) is -3.10. The van der Waals surface area contributed by atoms with E-state index in [-0.39, 0.29) is 29.7 Å². The van der Waals surface area contributed by atoms with Crippen LogP contribution in [0.1, 0.15) is 10.5 Å². The van der Waals surface area contributed by atoms with Gasteiger partial charge in [-0.15, -0.1) is 0 Å². The SMILES string of the molecule is O=C(O)N[C@H]1CN(C(=O)c2cc3cc(Cl)c(F)c(F)c3[nH]2)C[C@H]1F. The molecule has 1 aliphatic heterocycles. The number of likely N-dealkylation sites (tertiary alicyclic amines) is 1. The fraction of sp³-hybridized carbons (Fsp3) is 0.286. The Kier molecular flexibility index (Phi) is 4.04. The molecule has 1 aromatic heterocycles. The highest BCUT2D eigenvalue weighted by Gasteiger charge is 2.37. The quantitative estimate of drug-likeness (QED) is 0.718. The minimum absolute atomic E-state index is 0.0752. The van der Waals surface area contributed by atoms with Gasteiger partial charge in [-0.2, -0.15) is 0 Å². The zero-order valence-electron chi connectivity index (χ0n) is 11.9. The summed E-state index contributed by atoms with van der Waals surface area (Å²) in [6.45, 7) is -0.476. The second-order valence-electron chi connectivity index (χ2n) is 5.42. The lowest BCUT2D eigenvalue weighted by atomic mass is 10.2. The maximum absolute atomic E-state index is 13.8. The highest BCUT2D eigenvalue weighted by atomic mass is 35.5. The molecule has 1 saturated heterocycles. The standard InChI is InChI=1S/C14H11ClF3N3O3/c15-6-1-5-2-8(19-12(5)11(18)10(6)17)13(22)21-3-7(16)9(4-21)20-14(23)24/h1-2,7,9,19-20H,3-4H2,(H,23,24)/t7-,9+/m1/s1. The largest absolute Gasteiger partial charge is 0.465 e. The Morgan fingerprint density at radius 2 is 2.00 bits per heavy atom. The van der Waals surface area contributed by atoms with Crippen LogP contribution in [0.5, 0.6) is 0 Å². The Morgan fingerprint density at radius 1 is 1.29 bits per heavy atom. The zero-order chi connectivity index (χ0) is 17.6. The van der Waals surface area contributed by atoms with Crippen molar-refractivity contribution in [2.75, 3.05) is 13.1 Å². The number of benzene rings is 1. The first-order valence-corrected chi connectivity index (χ1v) is 7.24. The van der Waals surface area contributed by atoms with E-state index in [1.54, 1.807) is 0 Å². The zero-order valence-corrected chi connectivity index (χ0v) is 12.7. The number of aromatic nitrogens is 1. The minimum Gasteiger partial charge on any atom is -0.465 e. The molecule has 10 heteroatoms. The van der Waals surface area contributed by atoms with Gasteiger partial charge >= 0.3 is 6.09 Å². The molecule has 0 unspecified atom stereocenters. The first-order chi connectivity index (χ1) is 11.3. The van der Waals surface area contributed by atoms with Gasteiger partial charge in [0, 0.05) is 11.9 Å². The van der Waals surface area contributed by atoms with Crippen molar-refractivity contribution < 1.29 is 27.9 Å². The number of fused-ring (bicyclic) bond motifs is 1. The van der Waals surface area contributed by atoms with Crippen LogP contribution < -0.4 is 5.32 Å². The molecule has 2 atom stereocenters. The Balaban J connectivity index is 1.87. The van der Waals surface area contributed by atoms with Crippen LogP contribution in [0.15, 0.2) is 12.1 Å². The summed E-state index contributed by atoms with van der Waals surface area (Å²) in [6, 6.07) is 1.40. The predicted molar refractivity (Wildman–Crippen MR) is 79.0 cm³/mol. The van der Waals surface area contributed by atoms with E-state index in [2.05, 4.69) is 4.98 Å². The van der Waals surface area contributed by atoms with Crippen LogP contribution in [0.25, 0.3) is 10.9 Å². The molecule has 2 amide bonds. The highest BCUT2D eigenvalue weighted by molar-refractivity contribution is 6.31. The number of carboxylic acid groups (broad SMARTS) is 1. The number of halogens is 4. The lowest BCUT2D eigenvalue weighted by Crippen LogP contribution is -2.41. The van der Waals surface area contributed by atoms with E-state index in [0.717, 1.165) is 4.90 Å². The monoisotopic (exact) mass is 361 g/mol. The van der Waals surface area contributed by atoms with Crippen LogP contribution in [-0.4, -0.2) is 52.3 Å². The second kappa shape index (κ2) is 5.90. The summed E-state index contributed by atoms with van der Waals surface area (Å²) >= 11 is 5.56. The molecule has 0 aliphatic carbocycles. The van der Waals surface area contributed by atoms with Gasteiger partial charge in [0.15, 0.2) is 11.6 Å². The van der Waals surface area contributed by atoms with E-state index < -0.39 is 40.9 Å². The van der Waals surface area contributed by atoms with Gasteiger partial charge in [-0.1, -0.05) is 11.6 Å². The maximum Gasteiger partial charge on any atom is 0.405 e. The van der Waals surface area contributed by atoms with E-state index in [9.17, 15) is 22.8 Å². The highest BCUT2D eigenvalue weighted by Crippen LogP contribution is 2.28. The second-order valence-corrected chi connectivity index (χ2v) is 5.82. The van der Waals surface area contributed by atoms with Gasteiger partial charge < -0.3 is 20.3 Å². The molecule has 24 heavy (non-hydrogen) atoms. The number of aromatic amines is 1. The van der Waals surface area contributed by atoms with Crippen molar-refractivity contribution in [2.24, 2.45) is 0 Å². The van der Waals surface area contributed by atoms with Crippen molar-refractivity contribution in [3.8, 4) is 0 Å². The molecule has 0 saturated carbocycles. The lowest BCUT2D eigenvalue weighted by molar-refractivity contribution is 0.0776. The number of rotatable bonds is 2. The van der Waals surface area contributed by atoms with Crippen LogP contribution in [-0.2, 0) is 0 Å². The van der Waals surface area contributed by atoms with Crippen LogP contribution in [0.3, 0.4) is 0 Å². The Hall–Kier alpha value is -2.42. The van der Waals surface area contributed by atoms with Crippen LogP contribution in [0, 0.1) is 11.6 Å². The number of H-pyrrole nitrogens is 1. The molecule has 0 bridgehead atoms. The molecule has 1 fully saturated rings. The summed E-state index contributed by atoms with van der Waals surface area (Å²) in [5, 5.41) is 10.4. The molecule has 3 rings (SSSR count). The average molecular weight is 362 g/mol. The molecule has 2 aromatic rings. The first-order valence-electron chi connectivity index (χ1n) is 6.87. The van der Waals surface area contributed by atoms with E-state index in [4.69, 9.17) is 16.7 Å². The van der Waals surface area contributed by atoms with Gasteiger partial charge in [-0.3, -0.25) is 4.79 Å². The number of alkyl halides is 1. The molecule has 3 N–H and O–H groups in total. The number of hydrogen-bond donors (Lipinski definition) is 3. The van der Waals surface area contributed by atoms with E-state index in [1.165, 1.54) is 12.1 Å². The van der Waals surface area contributed by atoms with Gasteiger partial charge in [0.05, 0.1) is 23.1 Å². The average Bonchev–Trinajstić information content (AvgIpc) is 3.08. The van der Waals surface area contributed by atoms with Crippen molar-refractivity contribution in [2.45, 2.75) is 12.2 Å². The van der Waals surface area contributed by atoms with Gasteiger partial charge in [0.1, 0.15) is 11.9 Å². The van der Waals surface area contributed by atoms with Crippen molar-refractivity contribution in [3.05, 3.63) is 34.5 Å². The topological polar surface area (TPSA) is 85.4 Å². The van der Waals surface area contributed by atoms with Gasteiger partial charge in [0.25, 0.3) is 5.91 Å². The fourth-order valence-electron chi connectivity index (χ4n) is 2.69. The Bertz CT molecular complexity index is 842. The lowest BCUT2D eigenvalue weighted by Gasteiger charge is -2.14. The van der Waals surface area contributed by atoms with Crippen molar-refractivity contribution >= 4 is 34.5 Å². The molecule has 0 spiro atoms. The molecule has 1 aliphatic rings.